The minimum absolute atomic E-state index is 0.0593. The van der Waals surface area contributed by atoms with Gasteiger partial charge in [0.2, 0.25) is 0 Å². The number of aryl methyl sites for hydroxylation is 1. The Morgan fingerprint density at radius 1 is 1.28 bits per heavy atom. The summed E-state index contributed by atoms with van der Waals surface area (Å²) < 4.78 is 29.5. The maximum atomic E-state index is 14.1. The molecule has 3 aromatic rings. The Labute approximate surface area is 144 Å². The van der Waals surface area contributed by atoms with Gasteiger partial charge >= 0.3 is 5.82 Å². The summed E-state index contributed by atoms with van der Waals surface area (Å²) >= 11 is 0. The number of fused-ring (bicyclic) bond motifs is 1. The maximum Gasteiger partial charge on any atom is 0.519 e. The van der Waals surface area contributed by atoms with Gasteiger partial charge in [-0.25, -0.2) is 9.18 Å². The Balaban J connectivity index is 2.06. The molecule has 2 aromatic carbocycles. The highest BCUT2D eigenvalue weighted by Crippen LogP contribution is 2.34. The van der Waals surface area contributed by atoms with Crippen molar-refractivity contribution in [2.75, 3.05) is 0 Å². The molecule has 5 heteroatoms. The van der Waals surface area contributed by atoms with E-state index in [1.54, 1.807) is 19.1 Å². The molecule has 0 aliphatic carbocycles. The first-order valence-corrected chi connectivity index (χ1v) is 7.85. The molecule has 0 fully saturated rings. The Morgan fingerprint density at radius 3 is 2.64 bits per heavy atom. The van der Waals surface area contributed by atoms with E-state index in [1.165, 1.54) is 6.07 Å². The van der Waals surface area contributed by atoms with Gasteiger partial charge in [-0.2, -0.15) is 0 Å². The third-order valence-electron chi connectivity index (χ3n) is 4.04. The van der Waals surface area contributed by atoms with Gasteiger partial charge in [-0.15, -0.1) is 6.42 Å². The van der Waals surface area contributed by atoms with E-state index in [4.69, 9.17) is 20.0 Å². The van der Waals surface area contributed by atoms with Gasteiger partial charge in [-0.1, -0.05) is 25.8 Å². The predicted molar refractivity (Wildman–Crippen MR) is 92.2 cm³/mol. The van der Waals surface area contributed by atoms with Gasteiger partial charge in [0.05, 0.1) is 5.56 Å². The average Bonchev–Trinajstić information content (AvgIpc) is 2.89. The van der Waals surface area contributed by atoms with Crippen molar-refractivity contribution in [3.63, 3.8) is 0 Å². The van der Waals surface area contributed by atoms with E-state index in [0.717, 1.165) is 16.3 Å². The number of hydrogen-bond donors (Lipinski definition) is 0. The summed E-state index contributed by atoms with van der Waals surface area (Å²) in [6, 6.07) is 6.65. The smallest absolute Gasteiger partial charge is 0.485 e. The van der Waals surface area contributed by atoms with Crippen LogP contribution >= 0.6 is 0 Å². The van der Waals surface area contributed by atoms with Crippen LogP contribution in [0.1, 0.15) is 42.4 Å². The summed E-state index contributed by atoms with van der Waals surface area (Å²) in [5.41, 5.74) is 1.15. The average molecular weight is 340 g/mol. The maximum absolute atomic E-state index is 14.1. The first-order valence-electron chi connectivity index (χ1n) is 7.85. The van der Waals surface area contributed by atoms with Gasteiger partial charge < -0.3 is 13.6 Å². The molecule has 0 atom stereocenters. The highest BCUT2D eigenvalue weighted by molar-refractivity contribution is 5.93. The SMILES string of the molecule is C#Cc1c(F)ccc2cc(OCc3oc(=O)oc3C)cc(C(C)C)c12. The molecule has 0 aliphatic rings. The first-order chi connectivity index (χ1) is 11.9. The van der Waals surface area contributed by atoms with E-state index in [-0.39, 0.29) is 18.1 Å². The predicted octanol–water partition coefficient (Wildman–Crippen LogP) is 4.52. The third kappa shape index (κ3) is 3.16. The molecule has 128 valence electrons. The molecule has 4 nitrogen and oxygen atoms in total. The number of benzene rings is 2. The van der Waals surface area contributed by atoms with Crippen molar-refractivity contribution < 1.29 is 18.0 Å². The summed E-state index contributed by atoms with van der Waals surface area (Å²) in [5.74, 6) is 2.68. The van der Waals surface area contributed by atoms with Crippen molar-refractivity contribution >= 4 is 10.8 Å². The molecule has 0 saturated carbocycles. The zero-order valence-corrected chi connectivity index (χ0v) is 14.2. The lowest BCUT2D eigenvalue weighted by Crippen LogP contribution is -2.00. The van der Waals surface area contributed by atoms with Gasteiger partial charge in [0, 0.05) is 5.39 Å². The number of halogens is 1. The summed E-state index contributed by atoms with van der Waals surface area (Å²) in [6.07, 6.45) is 5.50. The molecule has 0 N–H and O–H groups in total. The van der Waals surface area contributed by atoms with E-state index in [9.17, 15) is 9.18 Å². The lowest BCUT2D eigenvalue weighted by Gasteiger charge is -2.15. The molecule has 1 heterocycles. The van der Waals surface area contributed by atoms with Crippen LogP contribution in [0.15, 0.2) is 37.9 Å². The monoisotopic (exact) mass is 340 g/mol. The van der Waals surface area contributed by atoms with Crippen LogP contribution < -0.4 is 10.6 Å². The molecule has 0 saturated heterocycles. The Bertz CT molecular complexity index is 1030. The van der Waals surface area contributed by atoms with Gasteiger partial charge in [-0.05, 0) is 42.0 Å². The van der Waals surface area contributed by atoms with Crippen LogP contribution in [-0.4, -0.2) is 0 Å². The van der Waals surface area contributed by atoms with Crippen molar-refractivity contribution in [2.45, 2.75) is 33.3 Å². The minimum Gasteiger partial charge on any atom is -0.485 e. The fourth-order valence-corrected chi connectivity index (χ4v) is 2.78. The molecule has 25 heavy (non-hydrogen) atoms. The topological polar surface area (TPSA) is 52.6 Å². The van der Waals surface area contributed by atoms with E-state index >= 15 is 0 Å². The second-order valence-electron chi connectivity index (χ2n) is 6.05. The van der Waals surface area contributed by atoms with Gasteiger partial charge in [0.15, 0.2) is 11.5 Å². The highest BCUT2D eigenvalue weighted by atomic mass is 19.1. The van der Waals surface area contributed by atoms with Crippen LogP contribution in [0.4, 0.5) is 4.39 Å². The second-order valence-corrected chi connectivity index (χ2v) is 6.05. The fourth-order valence-electron chi connectivity index (χ4n) is 2.78. The van der Waals surface area contributed by atoms with Crippen molar-refractivity contribution in [3.05, 3.63) is 63.3 Å². The molecule has 0 amide bonds. The summed E-state index contributed by atoms with van der Waals surface area (Å²) in [5, 5.41) is 1.51. The van der Waals surface area contributed by atoms with Gasteiger partial charge in [0.25, 0.3) is 0 Å². The minimum atomic E-state index is -0.758. The van der Waals surface area contributed by atoms with E-state index in [2.05, 4.69) is 5.92 Å². The Hall–Kier alpha value is -3.00. The molecule has 0 radical (unpaired) electrons. The van der Waals surface area contributed by atoms with Crippen molar-refractivity contribution in [3.8, 4) is 18.1 Å². The van der Waals surface area contributed by atoms with E-state index < -0.39 is 11.6 Å². The van der Waals surface area contributed by atoms with Crippen LogP contribution in [0.5, 0.6) is 5.75 Å². The molecule has 0 spiro atoms. The number of rotatable bonds is 4. The van der Waals surface area contributed by atoms with Gasteiger partial charge in [0.1, 0.15) is 18.2 Å². The first kappa shape index (κ1) is 16.8. The fraction of sp³-hybridized carbons (Fsp3) is 0.250. The molecular weight excluding hydrogens is 323 g/mol. The Kier molecular flexibility index (Phi) is 4.37. The lowest BCUT2D eigenvalue weighted by molar-refractivity contribution is 0.262. The zero-order chi connectivity index (χ0) is 18.1. The zero-order valence-electron chi connectivity index (χ0n) is 14.2. The third-order valence-corrected chi connectivity index (χ3v) is 4.04. The van der Waals surface area contributed by atoms with Crippen LogP contribution in [-0.2, 0) is 6.61 Å². The Morgan fingerprint density at radius 2 is 2.04 bits per heavy atom. The summed E-state index contributed by atoms with van der Waals surface area (Å²) in [4.78, 5) is 11.1. The van der Waals surface area contributed by atoms with Crippen LogP contribution in [0, 0.1) is 25.1 Å². The standard InChI is InChI=1S/C20H17FO4/c1-5-15-17(21)7-6-13-8-14(9-16(11(2)3)19(13)15)23-10-18-12(4)24-20(22)25-18/h1,6-9,11H,10H2,2-4H3. The van der Waals surface area contributed by atoms with Gasteiger partial charge in [-0.3, -0.25) is 0 Å². The quantitative estimate of drug-likeness (QED) is 0.655. The number of terminal acetylenes is 1. The second kappa shape index (κ2) is 6.48. The van der Waals surface area contributed by atoms with Crippen LogP contribution in [0.2, 0.25) is 0 Å². The van der Waals surface area contributed by atoms with Crippen molar-refractivity contribution in [1.82, 2.24) is 0 Å². The molecule has 1 aromatic heterocycles. The van der Waals surface area contributed by atoms with Crippen LogP contribution in [0.25, 0.3) is 10.8 Å². The van der Waals surface area contributed by atoms with Crippen molar-refractivity contribution in [1.29, 1.82) is 0 Å². The molecule has 3 rings (SSSR count). The lowest BCUT2D eigenvalue weighted by atomic mass is 9.92. The summed E-state index contributed by atoms with van der Waals surface area (Å²) in [7, 11) is 0. The normalized spacial score (nSPS) is 11.0. The molecular formula is C20H17FO4. The van der Waals surface area contributed by atoms with E-state index in [1.807, 2.05) is 19.9 Å². The molecule has 0 bridgehead atoms. The molecule has 0 aliphatic heterocycles. The largest absolute Gasteiger partial charge is 0.519 e. The van der Waals surface area contributed by atoms with Crippen LogP contribution in [0.3, 0.4) is 0 Å². The van der Waals surface area contributed by atoms with Crippen molar-refractivity contribution in [2.24, 2.45) is 0 Å². The van der Waals surface area contributed by atoms with E-state index in [0.29, 0.717) is 17.3 Å². The number of ether oxygens (including phenoxy) is 1. The number of hydrogen-bond acceptors (Lipinski definition) is 4. The summed E-state index contributed by atoms with van der Waals surface area (Å²) in [6.45, 7) is 5.70. The molecule has 0 unspecified atom stereocenters. The highest BCUT2D eigenvalue weighted by Gasteiger charge is 2.15.